The molecular weight excluding hydrogens is 450 g/mol. The van der Waals surface area contributed by atoms with Gasteiger partial charge >= 0.3 is 0 Å². The van der Waals surface area contributed by atoms with Crippen LogP contribution >= 0.6 is 22.7 Å². The summed E-state index contributed by atoms with van der Waals surface area (Å²) < 4.78 is 3.15. The molecule has 0 radical (unpaired) electrons. The van der Waals surface area contributed by atoms with Gasteiger partial charge in [0, 0.05) is 37.6 Å². The Morgan fingerprint density at radius 1 is 0.812 bits per heavy atom. The molecule has 1 amide bonds. The average Bonchev–Trinajstić information content (AvgIpc) is 3.55. The van der Waals surface area contributed by atoms with Gasteiger partial charge in [-0.25, -0.2) is 0 Å². The molecule has 11 nitrogen and oxygen atoms in total. The molecule has 0 fully saturated rings. The molecule has 13 heteroatoms. The second-order valence-corrected chi connectivity index (χ2v) is 9.18. The summed E-state index contributed by atoms with van der Waals surface area (Å²) in [6.07, 6.45) is 10.5. The van der Waals surface area contributed by atoms with E-state index >= 15 is 0 Å². The second kappa shape index (κ2) is 10.8. The van der Waals surface area contributed by atoms with E-state index in [0.717, 1.165) is 40.7 Å². The second-order valence-electron chi connectivity index (χ2n) is 6.97. The number of carbonyl (C=O) groups excluding carboxylic acids is 2. The third-order valence-electron chi connectivity index (χ3n) is 4.36. The molecule has 32 heavy (non-hydrogen) atoms. The molecule has 0 aliphatic heterocycles. The van der Waals surface area contributed by atoms with Crippen LogP contribution in [0.15, 0.2) is 36.9 Å². The lowest BCUT2D eigenvalue weighted by Gasteiger charge is -2.00. The number of hydrogen-bond acceptors (Lipinski definition) is 10. The van der Waals surface area contributed by atoms with Crippen LogP contribution in [0.5, 0.6) is 0 Å². The maximum absolute atomic E-state index is 12.1. The van der Waals surface area contributed by atoms with Crippen molar-refractivity contribution in [3.05, 3.63) is 51.9 Å². The van der Waals surface area contributed by atoms with Gasteiger partial charge in [-0.3, -0.25) is 24.3 Å². The van der Waals surface area contributed by atoms with Gasteiger partial charge in [0.1, 0.15) is 21.6 Å². The zero-order valence-electron chi connectivity index (χ0n) is 17.1. The largest absolute Gasteiger partial charge is 0.299 e. The molecule has 0 atom stereocenters. The zero-order valence-corrected chi connectivity index (χ0v) is 18.8. The molecule has 0 spiro atoms. The number of amides is 1. The Morgan fingerprint density at radius 3 is 2.12 bits per heavy atom. The Hall–Kier alpha value is -3.32. The molecule has 4 rings (SSSR count). The number of nitrogens with one attached hydrogen (secondary N) is 1. The van der Waals surface area contributed by atoms with Crippen molar-refractivity contribution in [1.29, 1.82) is 0 Å². The van der Waals surface area contributed by atoms with Crippen LogP contribution in [0.2, 0.25) is 0 Å². The Morgan fingerprint density at radius 2 is 1.44 bits per heavy atom. The predicted molar refractivity (Wildman–Crippen MR) is 118 cm³/mol. The smallest absolute Gasteiger partial charge is 0.247 e. The van der Waals surface area contributed by atoms with Crippen LogP contribution in [-0.4, -0.2) is 51.6 Å². The molecule has 0 unspecified atom stereocenters. The summed E-state index contributed by atoms with van der Waals surface area (Å²) in [5.74, 6) is -0.133. The lowest BCUT2D eigenvalue weighted by molar-refractivity contribution is -0.119. The van der Waals surface area contributed by atoms with Crippen molar-refractivity contribution in [2.45, 2.75) is 45.2 Å². The lowest BCUT2D eigenvalue weighted by Crippen LogP contribution is -2.18. The van der Waals surface area contributed by atoms with E-state index in [-0.39, 0.29) is 31.2 Å². The van der Waals surface area contributed by atoms with E-state index < -0.39 is 0 Å². The van der Waals surface area contributed by atoms with Gasteiger partial charge in [-0.05, 0) is 25.0 Å². The molecule has 0 aromatic carbocycles. The van der Waals surface area contributed by atoms with Crippen molar-refractivity contribution < 1.29 is 9.59 Å². The fourth-order valence-corrected chi connectivity index (χ4v) is 4.63. The topological polar surface area (TPSA) is 133 Å². The number of aryl methyl sites for hydroxylation is 2. The van der Waals surface area contributed by atoms with Gasteiger partial charge in [0.2, 0.25) is 11.0 Å². The predicted octanol–water partition coefficient (Wildman–Crippen LogP) is 1.80. The first kappa shape index (κ1) is 21.9. The molecule has 0 aliphatic carbocycles. The van der Waals surface area contributed by atoms with E-state index in [1.165, 1.54) is 22.7 Å². The zero-order chi connectivity index (χ0) is 22.2. The SMILES string of the molecule is O=C(Cc1nnc(CCCCc2nnc(NC(=O)Cn3cccn3)s2)s1)Cn1cccn1. The van der Waals surface area contributed by atoms with Gasteiger partial charge in [-0.1, -0.05) is 11.3 Å². The van der Waals surface area contributed by atoms with E-state index in [0.29, 0.717) is 5.13 Å². The summed E-state index contributed by atoms with van der Waals surface area (Å²) in [5, 5.41) is 30.3. The van der Waals surface area contributed by atoms with Crippen molar-refractivity contribution >= 4 is 39.5 Å². The van der Waals surface area contributed by atoms with Crippen LogP contribution in [0, 0.1) is 0 Å². The number of carbonyl (C=O) groups is 2. The molecule has 166 valence electrons. The Balaban J connectivity index is 1.14. The highest BCUT2D eigenvalue weighted by Crippen LogP contribution is 2.19. The minimum absolute atomic E-state index is 0.0557. The van der Waals surface area contributed by atoms with Crippen LogP contribution in [0.4, 0.5) is 5.13 Å². The number of aromatic nitrogens is 8. The Kier molecular flexibility index (Phi) is 7.40. The molecule has 1 N–H and O–H groups in total. The highest BCUT2D eigenvalue weighted by Gasteiger charge is 2.12. The number of ketones is 1. The first-order valence-corrected chi connectivity index (χ1v) is 11.7. The average molecular weight is 472 g/mol. The van der Waals surface area contributed by atoms with Crippen LogP contribution in [0.25, 0.3) is 0 Å². The summed E-state index contributed by atoms with van der Waals surface area (Å²) in [5.41, 5.74) is 0. The number of hydrogen-bond donors (Lipinski definition) is 1. The number of nitrogens with zero attached hydrogens (tertiary/aromatic N) is 8. The van der Waals surface area contributed by atoms with Crippen molar-refractivity contribution in [2.75, 3.05) is 5.32 Å². The fourth-order valence-electron chi connectivity index (χ4n) is 2.92. The van der Waals surface area contributed by atoms with Crippen LogP contribution in [0.3, 0.4) is 0 Å². The quantitative estimate of drug-likeness (QED) is 0.309. The molecule has 0 aliphatic rings. The molecular formula is C19H21N9O2S2. The minimum Gasteiger partial charge on any atom is -0.299 e. The summed E-state index contributed by atoms with van der Waals surface area (Å²) in [6, 6.07) is 3.55. The maximum atomic E-state index is 12.1. The Labute approximate surface area is 191 Å². The van der Waals surface area contributed by atoms with Gasteiger partial charge < -0.3 is 0 Å². The molecule has 4 aromatic rings. The summed E-state index contributed by atoms with van der Waals surface area (Å²) in [4.78, 5) is 24.1. The molecule has 0 saturated heterocycles. The molecule has 0 saturated carbocycles. The van der Waals surface area contributed by atoms with E-state index in [9.17, 15) is 9.59 Å². The number of Topliss-reactive ketones (excluding diaryl/α,β-unsaturated/α-hetero) is 1. The van der Waals surface area contributed by atoms with Gasteiger partial charge in [-0.2, -0.15) is 10.2 Å². The molecule has 4 heterocycles. The Bertz CT molecular complexity index is 1050. The lowest BCUT2D eigenvalue weighted by atomic mass is 10.2. The highest BCUT2D eigenvalue weighted by molar-refractivity contribution is 7.15. The first-order valence-electron chi connectivity index (χ1n) is 10.0. The third-order valence-corrected chi connectivity index (χ3v) is 6.25. The van der Waals surface area contributed by atoms with E-state index in [1.54, 1.807) is 46.3 Å². The van der Waals surface area contributed by atoms with Crippen LogP contribution in [0.1, 0.15) is 27.9 Å². The first-order chi connectivity index (χ1) is 15.6. The number of anilines is 1. The van der Waals surface area contributed by atoms with Crippen molar-refractivity contribution in [3.63, 3.8) is 0 Å². The van der Waals surface area contributed by atoms with Crippen LogP contribution < -0.4 is 5.32 Å². The highest BCUT2D eigenvalue weighted by atomic mass is 32.1. The summed E-state index contributed by atoms with van der Waals surface area (Å²) in [6.45, 7) is 0.385. The maximum Gasteiger partial charge on any atom is 0.247 e. The van der Waals surface area contributed by atoms with Gasteiger partial charge in [0.15, 0.2) is 5.78 Å². The molecule has 0 bridgehead atoms. The van der Waals surface area contributed by atoms with Gasteiger partial charge in [0.05, 0.1) is 13.0 Å². The monoisotopic (exact) mass is 471 g/mol. The number of unbranched alkanes of at least 4 members (excludes halogenated alkanes) is 1. The van der Waals surface area contributed by atoms with Gasteiger partial charge in [0.25, 0.3) is 0 Å². The summed E-state index contributed by atoms with van der Waals surface area (Å²) in [7, 11) is 0. The van der Waals surface area contributed by atoms with E-state index in [4.69, 9.17) is 0 Å². The normalized spacial score (nSPS) is 11.0. The molecule has 4 aromatic heterocycles. The van der Waals surface area contributed by atoms with Crippen molar-refractivity contribution in [3.8, 4) is 0 Å². The fraction of sp³-hybridized carbons (Fsp3) is 0.368. The summed E-state index contributed by atoms with van der Waals surface area (Å²) >= 11 is 2.86. The third kappa shape index (κ3) is 6.59. The van der Waals surface area contributed by atoms with Crippen LogP contribution in [-0.2, 0) is 41.9 Å². The van der Waals surface area contributed by atoms with Gasteiger partial charge in [-0.15, -0.1) is 31.7 Å². The number of rotatable bonds is 12. The van der Waals surface area contributed by atoms with E-state index in [1.807, 2.05) is 0 Å². The van der Waals surface area contributed by atoms with Crippen molar-refractivity contribution in [2.24, 2.45) is 0 Å². The minimum atomic E-state index is -0.188. The van der Waals surface area contributed by atoms with Crippen molar-refractivity contribution in [1.82, 2.24) is 40.0 Å². The standard InChI is InChI=1S/C19H21N9O2S2/c29-14(12-27-9-3-7-20-27)11-18-25-23-16(31-18)5-1-2-6-17-24-26-19(32-17)22-15(30)13-28-10-4-8-21-28/h3-4,7-10H,1-2,5-6,11-13H2,(H,22,26,30). The van der Waals surface area contributed by atoms with E-state index in [2.05, 4.69) is 35.9 Å².